The molecule has 2 aromatic rings. The monoisotopic (exact) mass is 396 g/mol. The lowest BCUT2D eigenvalue weighted by Gasteiger charge is -2.14. The molecule has 0 spiro atoms. The Hall–Kier alpha value is -3.48. The summed E-state index contributed by atoms with van der Waals surface area (Å²) >= 11 is 0. The number of hydrogen-bond acceptors (Lipinski definition) is 7. The van der Waals surface area contributed by atoms with Crippen molar-refractivity contribution in [1.29, 1.82) is 0 Å². The average molecular weight is 396 g/mol. The molecule has 2 aliphatic rings. The molecule has 0 unspecified atom stereocenters. The Balaban J connectivity index is 1.63. The van der Waals surface area contributed by atoms with E-state index in [9.17, 15) is 9.59 Å². The van der Waals surface area contributed by atoms with Crippen LogP contribution in [0.5, 0.6) is 28.7 Å². The Morgan fingerprint density at radius 2 is 1.79 bits per heavy atom. The van der Waals surface area contributed by atoms with Crippen LogP contribution in [0.25, 0.3) is 6.08 Å². The number of allylic oxidation sites excluding steroid dienone is 1. The van der Waals surface area contributed by atoms with E-state index in [1.54, 1.807) is 36.4 Å². The molecule has 0 bridgehead atoms. The molecule has 0 radical (unpaired) electrons. The minimum atomic E-state index is -0.267. The zero-order chi connectivity index (χ0) is 20.5. The summed E-state index contributed by atoms with van der Waals surface area (Å²) in [4.78, 5) is 24.6. The molecule has 0 saturated heterocycles. The topological polar surface area (TPSA) is 80.3 Å². The standard InChI is InChI=1S/C22H20O7/c1-25-16-9-6-13(20(26-2)21(16)27-3)10-18-19(23)15-8-7-14(11-17(15)29-18)28-22(24)12-4-5-12/h6-12H,4-5H2,1-3H3/b18-10-. The van der Waals surface area contributed by atoms with E-state index >= 15 is 0 Å². The van der Waals surface area contributed by atoms with Crippen molar-refractivity contribution in [2.45, 2.75) is 12.8 Å². The van der Waals surface area contributed by atoms with Crippen LogP contribution >= 0.6 is 0 Å². The average Bonchev–Trinajstić information content (AvgIpc) is 3.53. The quantitative estimate of drug-likeness (QED) is 0.419. The molecule has 1 aliphatic carbocycles. The molecular weight excluding hydrogens is 376 g/mol. The van der Waals surface area contributed by atoms with Crippen LogP contribution in [-0.2, 0) is 4.79 Å². The van der Waals surface area contributed by atoms with Gasteiger partial charge in [0, 0.05) is 11.6 Å². The number of rotatable bonds is 6. The van der Waals surface area contributed by atoms with Gasteiger partial charge >= 0.3 is 5.97 Å². The summed E-state index contributed by atoms with van der Waals surface area (Å²) in [5.74, 6) is 1.66. The van der Waals surface area contributed by atoms with Crippen molar-refractivity contribution in [2.75, 3.05) is 21.3 Å². The number of fused-ring (bicyclic) bond motifs is 1. The Morgan fingerprint density at radius 1 is 1.03 bits per heavy atom. The van der Waals surface area contributed by atoms with Gasteiger partial charge in [-0.3, -0.25) is 9.59 Å². The molecule has 29 heavy (non-hydrogen) atoms. The summed E-state index contributed by atoms with van der Waals surface area (Å²) in [6.45, 7) is 0. The molecule has 2 aromatic carbocycles. The molecule has 0 atom stereocenters. The normalized spacial score (nSPS) is 16.2. The predicted octanol–water partition coefficient (Wildman–Crippen LogP) is 3.64. The van der Waals surface area contributed by atoms with Gasteiger partial charge in [-0.25, -0.2) is 0 Å². The predicted molar refractivity (Wildman–Crippen MR) is 104 cm³/mol. The van der Waals surface area contributed by atoms with Crippen LogP contribution in [0.2, 0.25) is 0 Å². The molecular formula is C22H20O7. The molecule has 7 heteroatoms. The van der Waals surface area contributed by atoms with Gasteiger partial charge in [0.25, 0.3) is 0 Å². The number of ether oxygens (including phenoxy) is 5. The third-order valence-corrected chi connectivity index (χ3v) is 4.79. The second-order valence-electron chi connectivity index (χ2n) is 6.72. The van der Waals surface area contributed by atoms with E-state index in [4.69, 9.17) is 23.7 Å². The first-order chi connectivity index (χ1) is 14.0. The minimum Gasteiger partial charge on any atom is -0.493 e. The van der Waals surface area contributed by atoms with Crippen molar-refractivity contribution in [2.24, 2.45) is 5.92 Å². The van der Waals surface area contributed by atoms with E-state index in [0.29, 0.717) is 39.9 Å². The van der Waals surface area contributed by atoms with E-state index in [1.165, 1.54) is 21.3 Å². The van der Waals surface area contributed by atoms with Gasteiger partial charge in [0.1, 0.15) is 11.5 Å². The highest BCUT2D eigenvalue weighted by Gasteiger charge is 2.33. The maximum absolute atomic E-state index is 12.7. The summed E-state index contributed by atoms with van der Waals surface area (Å²) in [6, 6.07) is 8.21. The second-order valence-corrected chi connectivity index (χ2v) is 6.72. The van der Waals surface area contributed by atoms with Crippen LogP contribution in [0.1, 0.15) is 28.8 Å². The number of benzene rings is 2. The van der Waals surface area contributed by atoms with Gasteiger partial charge in [0.2, 0.25) is 11.5 Å². The van der Waals surface area contributed by atoms with Crippen molar-refractivity contribution in [1.82, 2.24) is 0 Å². The highest BCUT2D eigenvalue weighted by Crippen LogP contribution is 2.42. The molecule has 0 amide bonds. The Bertz CT molecular complexity index is 1020. The lowest BCUT2D eigenvalue weighted by atomic mass is 10.1. The summed E-state index contributed by atoms with van der Waals surface area (Å²) in [5.41, 5.74) is 1.00. The van der Waals surface area contributed by atoms with Gasteiger partial charge in [0.15, 0.2) is 17.3 Å². The maximum atomic E-state index is 12.7. The Morgan fingerprint density at radius 3 is 2.45 bits per heavy atom. The Labute approximate surface area is 167 Å². The molecule has 150 valence electrons. The lowest BCUT2D eigenvalue weighted by Crippen LogP contribution is -2.09. The molecule has 7 nitrogen and oxygen atoms in total. The second kappa shape index (κ2) is 7.50. The van der Waals surface area contributed by atoms with Crippen molar-refractivity contribution < 1.29 is 33.3 Å². The first-order valence-electron chi connectivity index (χ1n) is 9.14. The van der Waals surface area contributed by atoms with Crippen molar-refractivity contribution in [3.05, 3.63) is 47.2 Å². The zero-order valence-electron chi connectivity index (χ0n) is 16.3. The van der Waals surface area contributed by atoms with Gasteiger partial charge in [0.05, 0.1) is 32.8 Å². The maximum Gasteiger partial charge on any atom is 0.314 e. The van der Waals surface area contributed by atoms with Gasteiger partial charge in [-0.05, 0) is 43.2 Å². The fraction of sp³-hybridized carbons (Fsp3) is 0.273. The zero-order valence-corrected chi connectivity index (χ0v) is 16.3. The highest BCUT2D eigenvalue weighted by molar-refractivity contribution is 6.14. The van der Waals surface area contributed by atoms with Crippen LogP contribution in [0, 0.1) is 5.92 Å². The van der Waals surface area contributed by atoms with E-state index in [2.05, 4.69) is 0 Å². The summed E-state index contributed by atoms with van der Waals surface area (Å²) in [5, 5.41) is 0. The number of hydrogen-bond donors (Lipinski definition) is 0. The molecule has 1 heterocycles. The SMILES string of the molecule is COc1ccc(/C=C2\Oc3cc(OC(=O)C4CC4)ccc3C2=O)c(OC)c1OC. The number of carbonyl (C=O) groups is 2. The van der Waals surface area contributed by atoms with Crippen LogP contribution in [0.3, 0.4) is 0 Å². The van der Waals surface area contributed by atoms with Gasteiger partial charge in [-0.15, -0.1) is 0 Å². The molecule has 4 rings (SSSR count). The van der Waals surface area contributed by atoms with E-state index in [-0.39, 0.29) is 23.4 Å². The van der Waals surface area contributed by atoms with Crippen LogP contribution in [0.4, 0.5) is 0 Å². The third kappa shape index (κ3) is 3.51. The fourth-order valence-corrected chi connectivity index (χ4v) is 3.13. The number of methoxy groups -OCH3 is 3. The van der Waals surface area contributed by atoms with Crippen LogP contribution in [0.15, 0.2) is 36.1 Å². The van der Waals surface area contributed by atoms with Crippen molar-refractivity contribution >= 4 is 17.8 Å². The summed E-state index contributed by atoms with van der Waals surface area (Å²) in [6.07, 6.45) is 3.30. The first kappa shape index (κ1) is 18.9. The molecule has 0 N–H and O–H groups in total. The van der Waals surface area contributed by atoms with E-state index < -0.39 is 0 Å². The summed E-state index contributed by atoms with van der Waals surface area (Å²) < 4.78 is 27.2. The van der Waals surface area contributed by atoms with Crippen LogP contribution in [-0.4, -0.2) is 33.1 Å². The lowest BCUT2D eigenvalue weighted by molar-refractivity contribution is -0.135. The molecule has 1 aliphatic heterocycles. The van der Waals surface area contributed by atoms with Gasteiger partial charge < -0.3 is 23.7 Å². The fourth-order valence-electron chi connectivity index (χ4n) is 3.13. The van der Waals surface area contributed by atoms with Gasteiger partial charge in [-0.2, -0.15) is 0 Å². The molecule has 0 aromatic heterocycles. The minimum absolute atomic E-state index is 0.0150. The van der Waals surface area contributed by atoms with E-state index in [0.717, 1.165) is 12.8 Å². The first-order valence-corrected chi connectivity index (χ1v) is 9.14. The Kier molecular flexibility index (Phi) is 4.88. The number of ketones is 1. The van der Waals surface area contributed by atoms with Crippen LogP contribution < -0.4 is 23.7 Å². The molecule has 1 fully saturated rings. The number of carbonyl (C=O) groups excluding carboxylic acids is 2. The smallest absolute Gasteiger partial charge is 0.314 e. The highest BCUT2D eigenvalue weighted by atomic mass is 16.5. The number of esters is 1. The van der Waals surface area contributed by atoms with Crippen molar-refractivity contribution in [3.8, 4) is 28.7 Å². The number of Topliss-reactive ketones (excluding diaryl/α,β-unsaturated/α-hetero) is 1. The largest absolute Gasteiger partial charge is 0.493 e. The van der Waals surface area contributed by atoms with Crippen molar-refractivity contribution in [3.63, 3.8) is 0 Å². The summed E-state index contributed by atoms with van der Waals surface area (Å²) in [7, 11) is 4.55. The third-order valence-electron chi connectivity index (χ3n) is 4.79. The van der Waals surface area contributed by atoms with E-state index in [1.807, 2.05) is 0 Å². The van der Waals surface area contributed by atoms with Gasteiger partial charge in [-0.1, -0.05) is 0 Å². The molecule has 1 saturated carbocycles.